The second-order valence-corrected chi connectivity index (χ2v) is 4.99. The van der Waals surface area contributed by atoms with Crippen LogP contribution in [-0.4, -0.2) is 23.2 Å². The Kier molecular flexibility index (Phi) is 4.00. The predicted octanol–water partition coefficient (Wildman–Crippen LogP) is 2.82. The maximum atomic E-state index is 9.54. The van der Waals surface area contributed by atoms with Crippen LogP contribution in [0.15, 0.2) is 12.3 Å². The predicted molar refractivity (Wildman–Crippen MR) is 70.3 cm³/mol. The minimum Gasteiger partial charge on any atom is -0.389 e. The van der Waals surface area contributed by atoms with Crippen LogP contribution in [0.3, 0.4) is 0 Å². The van der Waals surface area contributed by atoms with E-state index in [1.54, 1.807) is 13.1 Å². The fourth-order valence-corrected chi connectivity index (χ4v) is 2.43. The van der Waals surface area contributed by atoms with Gasteiger partial charge in [0.1, 0.15) is 5.82 Å². The first kappa shape index (κ1) is 12.4. The van der Waals surface area contributed by atoms with E-state index in [4.69, 9.17) is 0 Å². The van der Waals surface area contributed by atoms with E-state index in [2.05, 4.69) is 22.9 Å². The Morgan fingerprint density at radius 2 is 1.88 bits per heavy atom. The Bertz CT molecular complexity index is 368. The van der Waals surface area contributed by atoms with E-state index in [-0.39, 0.29) is 0 Å². The Labute approximate surface area is 103 Å². The van der Waals surface area contributed by atoms with Gasteiger partial charge in [-0.05, 0) is 43.9 Å². The highest BCUT2D eigenvalue weighted by Gasteiger charge is 2.14. The van der Waals surface area contributed by atoms with E-state index >= 15 is 0 Å². The zero-order valence-electron chi connectivity index (χ0n) is 10.8. The van der Waals surface area contributed by atoms with Crippen molar-refractivity contribution in [2.45, 2.75) is 45.6 Å². The van der Waals surface area contributed by atoms with Crippen molar-refractivity contribution in [3.63, 3.8) is 0 Å². The molecule has 1 fully saturated rings. The van der Waals surface area contributed by atoms with Gasteiger partial charge in [-0.15, -0.1) is 0 Å². The number of hydrogen-bond acceptors (Lipinski definition) is 3. The summed E-state index contributed by atoms with van der Waals surface area (Å²) >= 11 is 0. The number of aliphatic hydroxyl groups excluding tert-OH is 1. The van der Waals surface area contributed by atoms with E-state index in [0.29, 0.717) is 0 Å². The van der Waals surface area contributed by atoms with Crippen LogP contribution in [-0.2, 0) is 0 Å². The molecule has 2 heterocycles. The van der Waals surface area contributed by atoms with E-state index in [1.165, 1.54) is 31.2 Å². The van der Waals surface area contributed by atoms with E-state index in [0.717, 1.165) is 24.5 Å². The van der Waals surface area contributed by atoms with Gasteiger partial charge in [0.05, 0.1) is 6.10 Å². The normalized spacial score (nSPS) is 18.9. The molecule has 0 radical (unpaired) electrons. The van der Waals surface area contributed by atoms with Gasteiger partial charge in [-0.1, -0.05) is 12.8 Å². The summed E-state index contributed by atoms with van der Waals surface area (Å²) in [6.45, 7) is 6.09. The molecule has 0 spiro atoms. The third kappa shape index (κ3) is 2.97. The molecule has 3 heteroatoms. The highest BCUT2D eigenvalue weighted by Crippen LogP contribution is 2.23. The van der Waals surface area contributed by atoms with Crippen LogP contribution >= 0.6 is 0 Å². The topological polar surface area (TPSA) is 36.4 Å². The maximum Gasteiger partial charge on any atom is 0.131 e. The quantitative estimate of drug-likeness (QED) is 0.854. The van der Waals surface area contributed by atoms with Gasteiger partial charge >= 0.3 is 0 Å². The van der Waals surface area contributed by atoms with Gasteiger partial charge < -0.3 is 10.0 Å². The zero-order valence-corrected chi connectivity index (χ0v) is 10.8. The summed E-state index contributed by atoms with van der Waals surface area (Å²) in [5, 5.41) is 9.54. The highest BCUT2D eigenvalue weighted by atomic mass is 16.3. The number of aliphatic hydroxyl groups is 1. The van der Waals surface area contributed by atoms with Crippen molar-refractivity contribution in [2.24, 2.45) is 0 Å². The minimum absolute atomic E-state index is 0.431. The molecule has 17 heavy (non-hydrogen) atoms. The fraction of sp³-hybridized carbons (Fsp3) is 0.643. The number of aryl methyl sites for hydroxylation is 1. The van der Waals surface area contributed by atoms with E-state index in [9.17, 15) is 5.11 Å². The number of anilines is 1. The molecule has 1 unspecified atom stereocenters. The van der Waals surface area contributed by atoms with Gasteiger partial charge in [-0.3, -0.25) is 0 Å². The first-order valence-electron chi connectivity index (χ1n) is 6.58. The molecule has 1 N–H and O–H groups in total. The SMILES string of the molecule is Cc1cc(C(C)O)cnc1N1CCCCCC1. The summed E-state index contributed by atoms with van der Waals surface area (Å²) in [5.41, 5.74) is 2.08. The van der Waals surface area contributed by atoms with Crippen LogP contribution < -0.4 is 4.90 Å². The lowest BCUT2D eigenvalue weighted by molar-refractivity contribution is 0.199. The third-order valence-electron chi connectivity index (χ3n) is 3.46. The van der Waals surface area contributed by atoms with Crippen LogP contribution in [0, 0.1) is 6.92 Å². The van der Waals surface area contributed by atoms with Crippen molar-refractivity contribution >= 4 is 5.82 Å². The van der Waals surface area contributed by atoms with Crippen LogP contribution in [0.2, 0.25) is 0 Å². The summed E-state index contributed by atoms with van der Waals surface area (Å²) < 4.78 is 0. The summed E-state index contributed by atoms with van der Waals surface area (Å²) in [4.78, 5) is 6.91. The largest absolute Gasteiger partial charge is 0.389 e. The molecule has 1 aliphatic heterocycles. The molecule has 0 aromatic carbocycles. The van der Waals surface area contributed by atoms with Crippen molar-refractivity contribution in [1.82, 2.24) is 4.98 Å². The smallest absolute Gasteiger partial charge is 0.131 e. The van der Waals surface area contributed by atoms with Gasteiger partial charge in [-0.25, -0.2) is 4.98 Å². The van der Waals surface area contributed by atoms with Crippen molar-refractivity contribution < 1.29 is 5.11 Å². The second-order valence-electron chi connectivity index (χ2n) is 4.99. The average molecular weight is 234 g/mol. The zero-order chi connectivity index (χ0) is 12.3. The van der Waals surface area contributed by atoms with Gasteiger partial charge in [0.2, 0.25) is 0 Å². The van der Waals surface area contributed by atoms with Crippen molar-refractivity contribution in [2.75, 3.05) is 18.0 Å². The Morgan fingerprint density at radius 1 is 1.24 bits per heavy atom. The number of rotatable bonds is 2. The van der Waals surface area contributed by atoms with Crippen molar-refractivity contribution in [3.8, 4) is 0 Å². The fourth-order valence-electron chi connectivity index (χ4n) is 2.43. The molecule has 1 aromatic rings. The number of pyridine rings is 1. The van der Waals surface area contributed by atoms with Gasteiger partial charge in [0.15, 0.2) is 0 Å². The molecular weight excluding hydrogens is 212 g/mol. The lowest BCUT2D eigenvalue weighted by Gasteiger charge is -2.23. The van der Waals surface area contributed by atoms with Gasteiger partial charge in [-0.2, -0.15) is 0 Å². The molecule has 0 saturated carbocycles. The molecule has 2 rings (SSSR count). The molecule has 0 amide bonds. The Balaban J connectivity index is 2.19. The van der Waals surface area contributed by atoms with E-state index < -0.39 is 6.10 Å². The third-order valence-corrected chi connectivity index (χ3v) is 3.46. The minimum atomic E-state index is -0.431. The molecule has 0 aliphatic carbocycles. The monoisotopic (exact) mass is 234 g/mol. The maximum absolute atomic E-state index is 9.54. The first-order valence-corrected chi connectivity index (χ1v) is 6.58. The molecular formula is C14H22N2O. The van der Waals surface area contributed by atoms with Crippen molar-refractivity contribution in [1.29, 1.82) is 0 Å². The van der Waals surface area contributed by atoms with Crippen LogP contribution in [0.25, 0.3) is 0 Å². The molecule has 94 valence electrons. The second kappa shape index (κ2) is 5.50. The lowest BCUT2D eigenvalue weighted by Crippen LogP contribution is -2.25. The molecule has 1 aromatic heterocycles. The molecule has 1 aliphatic rings. The number of aromatic nitrogens is 1. The van der Waals surface area contributed by atoms with Crippen molar-refractivity contribution in [3.05, 3.63) is 23.4 Å². The lowest BCUT2D eigenvalue weighted by atomic mass is 10.1. The first-order chi connectivity index (χ1) is 8.18. The summed E-state index contributed by atoms with van der Waals surface area (Å²) in [6, 6.07) is 2.05. The summed E-state index contributed by atoms with van der Waals surface area (Å²) in [7, 11) is 0. The number of hydrogen-bond donors (Lipinski definition) is 1. The summed E-state index contributed by atoms with van der Waals surface area (Å²) in [6.07, 6.45) is 6.57. The number of nitrogens with zero attached hydrogens (tertiary/aromatic N) is 2. The molecule has 1 atom stereocenters. The summed E-state index contributed by atoms with van der Waals surface area (Å²) in [5.74, 6) is 1.09. The van der Waals surface area contributed by atoms with Gasteiger partial charge in [0.25, 0.3) is 0 Å². The van der Waals surface area contributed by atoms with Crippen LogP contribution in [0.5, 0.6) is 0 Å². The molecule has 0 bridgehead atoms. The molecule has 3 nitrogen and oxygen atoms in total. The van der Waals surface area contributed by atoms with Crippen LogP contribution in [0.4, 0.5) is 5.82 Å². The highest BCUT2D eigenvalue weighted by molar-refractivity contribution is 5.47. The molecule has 1 saturated heterocycles. The Hall–Kier alpha value is -1.09. The van der Waals surface area contributed by atoms with E-state index in [1.807, 2.05) is 0 Å². The Morgan fingerprint density at radius 3 is 2.41 bits per heavy atom. The van der Waals surface area contributed by atoms with Gasteiger partial charge in [0, 0.05) is 19.3 Å². The average Bonchev–Trinajstić information content (AvgIpc) is 2.57. The standard InChI is InChI=1S/C14H22N2O/c1-11-9-13(12(2)17)10-15-14(11)16-7-5-3-4-6-8-16/h9-10,12,17H,3-8H2,1-2H3. The van der Waals surface area contributed by atoms with Crippen LogP contribution in [0.1, 0.15) is 49.8 Å².